The predicted molar refractivity (Wildman–Crippen MR) is 559 cm³/mol. The smallest absolute Gasteiger partial charge is 0.119 e. The van der Waals surface area contributed by atoms with Crippen LogP contribution in [0.15, 0.2) is 237 Å². The first-order valence-electron chi connectivity index (χ1n) is 49.3. The van der Waals surface area contributed by atoms with E-state index in [4.69, 9.17) is 114 Å². The summed E-state index contributed by atoms with van der Waals surface area (Å²) in [7, 11) is 4.93. The van der Waals surface area contributed by atoms with Gasteiger partial charge in [-0.1, -0.05) is 182 Å². The summed E-state index contributed by atoms with van der Waals surface area (Å²) in [6, 6.07) is 86.5. The molecule has 0 radical (unpaired) electrons. The summed E-state index contributed by atoms with van der Waals surface area (Å²) in [5, 5.41) is 32.1. The van der Waals surface area contributed by atoms with Crippen molar-refractivity contribution < 1.29 is 114 Å². The normalized spacial score (nSPS) is 12.4. The third kappa shape index (κ3) is 45.4. The molecule has 10 rings (SSSR count). The molecule has 768 valence electrons. The van der Waals surface area contributed by atoms with Gasteiger partial charge in [0.15, 0.2) is 0 Å². The van der Waals surface area contributed by atoms with E-state index in [1.807, 2.05) is 185 Å². The summed E-state index contributed by atoms with van der Waals surface area (Å²) >= 11 is 0. The van der Waals surface area contributed by atoms with Crippen molar-refractivity contribution in [3.8, 4) is 102 Å². The average Bonchev–Trinajstić information content (AvgIpc) is 0.789. The number of nitriles is 3. The Morgan fingerprint density at radius 1 is 0.194 bits per heavy atom. The summed E-state index contributed by atoms with van der Waals surface area (Å²) in [4.78, 5) is 0. The van der Waals surface area contributed by atoms with Gasteiger partial charge in [0.25, 0.3) is 0 Å². The zero-order valence-corrected chi connectivity index (χ0v) is 84.2. The molecule has 0 fully saturated rings. The standard InChI is InChI=1S/C117H141N3O24/c1-91(88-139-76-73-136-70-67-133-64-61-130-58-55-127-52-49-124-46-43-121-4)142-115-37-31-100(32-38-115)97-13-7-94(8-14-97)79-112(85-118)106-25-19-103(20-26-106)109-82-110(104-21-27-107(28-22-104)113(86-119)80-95-9-15-98(16-10-95)101-33-39-116(40-34-101)143-92(2)89-140-77-74-137-71-68-134-65-62-131-59-56-128-53-50-125-47-44-122-5)84-111(83-109)105-23-29-108(30-24-105)114(87-120)81-96-11-17-99(18-12-96)102-35-41-117(42-36-102)144-93(3)90-141-78-75-138-72-69-135-66-63-132-60-57-129-54-51-126-48-45-123-6/h7-42,79-84,91-93H,43-78,88-90H2,1-6H3/b112-79-,113-80-,114-81+/t91-,92-,93-/m1/s1. The Bertz CT molecular complexity index is 4820. The Balaban J connectivity index is 0.719. The van der Waals surface area contributed by atoms with Gasteiger partial charge in [-0.05, 0) is 194 Å². The number of hydrogen-bond donors (Lipinski definition) is 0. The highest BCUT2D eigenvalue weighted by atomic mass is 16.6. The molecule has 0 saturated heterocycles. The lowest BCUT2D eigenvalue weighted by molar-refractivity contribution is -0.0223. The van der Waals surface area contributed by atoms with Gasteiger partial charge in [-0.25, -0.2) is 0 Å². The number of nitrogens with zero attached hydrogens (tertiary/aromatic N) is 3. The van der Waals surface area contributed by atoms with Gasteiger partial charge in [-0.3, -0.25) is 0 Å². The first-order chi connectivity index (χ1) is 71.0. The van der Waals surface area contributed by atoms with Crippen molar-refractivity contribution in [2.75, 3.05) is 279 Å². The largest absolute Gasteiger partial charge is 0.488 e. The van der Waals surface area contributed by atoms with E-state index in [2.05, 4.69) is 109 Å². The van der Waals surface area contributed by atoms with E-state index < -0.39 is 0 Å². The lowest BCUT2D eigenvalue weighted by Crippen LogP contribution is -2.21. The molecule has 27 heteroatoms. The molecule has 10 aromatic carbocycles. The molecule has 0 aliphatic heterocycles. The molecular formula is C117H141N3O24. The lowest BCUT2D eigenvalue weighted by Gasteiger charge is -2.15. The van der Waals surface area contributed by atoms with Crippen molar-refractivity contribution >= 4 is 34.9 Å². The molecule has 0 aromatic heterocycles. The maximum atomic E-state index is 10.7. The number of ether oxygens (including phenoxy) is 24. The molecule has 0 amide bonds. The monoisotopic (exact) mass is 1970 g/mol. The van der Waals surface area contributed by atoms with E-state index in [0.717, 1.165) is 117 Å². The molecule has 0 aliphatic rings. The molecule has 0 heterocycles. The Morgan fingerprint density at radius 3 is 0.507 bits per heavy atom. The molecule has 10 aromatic rings. The van der Waals surface area contributed by atoms with Crippen molar-refractivity contribution in [1.29, 1.82) is 15.8 Å². The van der Waals surface area contributed by atoms with Crippen LogP contribution in [0.2, 0.25) is 0 Å². The van der Waals surface area contributed by atoms with Crippen LogP contribution >= 0.6 is 0 Å². The van der Waals surface area contributed by atoms with Crippen LogP contribution in [-0.2, 0) is 99.5 Å². The van der Waals surface area contributed by atoms with Crippen LogP contribution in [0.3, 0.4) is 0 Å². The summed E-state index contributed by atoms with van der Waals surface area (Å²) in [5.41, 5.74) is 18.3. The maximum absolute atomic E-state index is 10.7. The minimum Gasteiger partial charge on any atom is -0.488 e. The second-order valence-electron chi connectivity index (χ2n) is 33.2. The van der Waals surface area contributed by atoms with Crippen molar-refractivity contribution in [1.82, 2.24) is 0 Å². The van der Waals surface area contributed by atoms with Gasteiger partial charge in [0.1, 0.15) is 35.6 Å². The van der Waals surface area contributed by atoms with Crippen molar-refractivity contribution in [3.63, 3.8) is 0 Å². The summed E-state index contributed by atoms with van der Waals surface area (Å²) in [6.45, 7) is 24.9. The molecule has 3 atom stereocenters. The van der Waals surface area contributed by atoms with Crippen LogP contribution in [0.25, 0.3) is 102 Å². The second kappa shape index (κ2) is 71.0. The van der Waals surface area contributed by atoms with Crippen LogP contribution in [0.4, 0.5) is 0 Å². The number of hydrogen-bond acceptors (Lipinski definition) is 27. The minimum atomic E-state index is -0.179. The van der Waals surface area contributed by atoms with Gasteiger partial charge < -0.3 is 114 Å². The third-order valence-corrected chi connectivity index (χ3v) is 22.1. The number of methoxy groups -OCH3 is 3. The van der Waals surface area contributed by atoms with Crippen LogP contribution in [0.1, 0.15) is 54.2 Å². The highest BCUT2D eigenvalue weighted by molar-refractivity contribution is 5.94. The Hall–Kier alpha value is -11.6. The first kappa shape index (κ1) is 114. The SMILES string of the molecule is COCCOCCOCCOCCOCCOCCOC[C@@H](C)Oc1ccc(-c2ccc(/C=C(\C#N)c3ccc(-c4cc(-c5ccc(/C(C#N)=C\c6ccc(-c7ccc(O[C@H](C)COCCOCCOCCOCCOCCOCCOC)cc7)cc6)cc5)cc(-c5ccc(/C(C#N)=C\c6ccc(-c7ccc(O[C@H](C)COCCOCCOCCOCCOCCOCCOC)cc7)cc6)cc5)c4)cc3)cc2)cc1. The fraction of sp³-hybridized carbons (Fsp3) is 0.410. The van der Waals surface area contributed by atoms with Crippen LogP contribution in [-0.4, -0.2) is 297 Å². The molecule has 27 nitrogen and oxygen atoms in total. The zero-order chi connectivity index (χ0) is 101. The molecule has 0 aliphatic carbocycles. The summed E-state index contributed by atoms with van der Waals surface area (Å²) in [6.07, 6.45) is 5.18. The predicted octanol–water partition coefficient (Wildman–Crippen LogP) is 19.4. The zero-order valence-electron chi connectivity index (χ0n) is 84.2. The van der Waals surface area contributed by atoms with Crippen LogP contribution < -0.4 is 14.2 Å². The fourth-order valence-corrected chi connectivity index (χ4v) is 14.5. The lowest BCUT2D eigenvalue weighted by atomic mass is 9.91. The minimum absolute atomic E-state index is 0.179. The fourth-order valence-electron chi connectivity index (χ4n) is 14.5. The molecule has 144 heavy (non-hydrogen) atoms. The topological polar surface area (TPSA) is 293 Å². The average molecular weight is 1970 g/mol. The van der Waals surface area contributed by atoms with Crippen molar-refractivity contribution in [2.45, 2.75) is 39.1 Å². The Kier molecular flexibility index (Phi) is 56.4. The van der Waals surface area contributed by atoms with Gasteiger partial charge >= 0.3 is 0 Å². The molecular weight excluding hydrogens is 1830 g/mol. The van der Waals surface area contributed by atoms with E-state index >= 15 is 0 Å². The second-order valence-corrected chi connectivity index (χ2v) is 33.2. The van der Waals surface area contributed by atoms with Gasteiger partial charge in [-0.2, -0.15) is 15.8 Å². The maximum Gasteiger partial charge on any atom is 0.119 e. The van der Waals surface area contributed by atoms with E-state index in [-0.39, 0.29) is 18.3 Å². The van der Waals surface area contributed by atoms with E-state index in [1.165, 1.54) is 0 Å². The van der Waals surface area contributed by atoms with E-state index in [1.54, 1.807) is 21.3 Å². The molecule has 0 saturated carbocycles. The quantitative estimate of drug-likeness (QED) is 0.0194. The number of allylic oxidation sites excluding steroid dienone is 3. The highest BCUT2D eigenvalue weighted by Gasteiger charge is 2.17. The van der Waals surface area contributed by atoms with Crippen molar-refractivity contribution in [3.05, 3.63) is 270 Å². The van der Waals surface area contributed by atoms with Gasteiger partial charge in [0.2, 0.25) is 0 Å². The molecule has 0 bridgehead atoms. The summed E-state index contributed by atoms with van der Waals surface area (Å²) in [5.74, 6) is 2.21. The highest BCUT2D eigenvalue weighted by Crippen LogP contribution is 2.37. The number of benzene rings is 10. The van der Waals surface area contributed by atoms with Crippen molar-refractivity contribution in [2.24, 2.45) is 0 Å². The van der Waals surface area contributed by atoms with Gasteiger partial charge in [0.05, 0.1) is 293 Å². The van der Waals surface area contributed by atoms with Crippen LogP contribution in [0.5, 0.6) is 17.2 Å². The molecule has 0 N–H and O–H groups in total. The van der Waals surface area contributed by atoms with E-state index in [0.29, 0.717) is 274 Å². The molecule has 0 spiro atoms. The third-order valence-electron chi connectivity index (χ3n) is 22.1. The Morgan fingerprint density at radius 2 is 0.340 bits per heavy atom. The van der Waals surface area contributed by atoms with E-state index in [9.17, 15) is 15.8 Å². The number of rotatable bonds is 78. The summed E-state index contributed by atoms with van der Waals surface area (Å²) < 4.78 is 134. The van der Waals surface area contributed by atoms with Gasteiger partial charge in [-0.15, -0.1) is 0 Å². The van der Waals surface area contributed by atoms with Gasteiger partial charge in [0, 0.05) is 21.3 Å². The van der Waals surface area contributed by atoms with Crippen LogP contribution in [0, 0.1) is 34.0 Å². The Labute approximate surface area is 850 Å². The molecule has 0 unspecified atom stereocenters. The first-order valence-corrected chi connectivity index (χ1v) is 49.3.